The number of hydrogen-bond donors (Lipinski definition) is 2. The molecule has 96 valence electrons. The van der Waals surface area contributed by atoms with E-state index < -0.39 is 6.04 Å². The number of nitrogens with one attached hydrogen (secondary N) is 2. The fourth-order valence-corrected chi connectivity index (χ4v) is 2.33. The van der Waals surface area contributed by atoms with Gasteiger partial charge in [-0.2, -0.15) is 0 Å². The maximum absolute atomic E-state index is 12.2. The van der Waals surface area contributed by atoms with Crippen LogP contribution in [-0.2, 0) is 9.59 Å². The molecule has 0 radical (unpaired) electrons. The first-order valence-electron chi connectivity index (χ1n) is 6.16. The summed E-state index contributed by atoms with van der Waals surface area (Å²) in [5.41, 5.74) is 1.79. The zero-order valence-corrected chi connectivity index (χ0v) is 10.9. The molecule has 1 aromatic carbocycles. The predicted molar refractivity (Wildman–Crippen MR) is 69.0 cm³/mol. The maximum atomic E-state index is 12.2. The van der Waals surface area contributed by atoms with E-state index in [1.807, 2.05) is 38.1 Å². The second-order valence-electron chi connectivity index (χ2n) is 4.85. The van der Waals surface area contributed by atoms with Crippen molar-refractivity contribution in [2.24, 2.45) is 5.92 Å². The summed E-state index contributed by atoms with van der Waals surface area (Å²) < 4.78 is 0. The Kier molecular flexibility index (Phi) is 3.48. The number of ketones is 1. The Morgan fingerprint density at radius 3 is 2.44 bits per heavy atom. The third-order valence-electron chi connectivity index (χ3n) is 3.31. The van der Waals surface area contributed by atoms with Crippen molar-refractivity contribution in [3.63, 3.8) is 0 Å². The van der Waals surface area contributed by atoms with Crippen molar-refractivity contribution >= 4 is 11.7 Å². The van der Waals surface area contributed by atoms with Gasteiger partial charge in [-0.25, -0.2) is 0 Å². The van der Waals surface area contributed by atoms with Crippen LogP contribution >= 0.6 is 0 Å². The molecule has 1 aliphatic rings. The lowest BCUT2D eigenvalue weighted by molar-refractivity contribution is -0.131. The molecule has 2 atom stereocenters. The summed E-state index contributed by atoms with van der Waals surface area (Å²) in [7, 11) is 1.74. The first-order valence-corrected chi connectivity index (χ1v) is 6.16. The van der Waals surface area contributed by atoms with Crippen molar-refractivity contribution in [1.29, 1.82) is 0 Å². The molecular weight excluding hydrogens is 228 g/mol. The van der Waals surface area contributed by atoms with Crippen LogP contribution in [-0.4, -0.2) is 18.7 Å². The van der Waals surface area contributed by atoms with E-state index in [0.717, 1.165) is 11.1 Å². The summed E-state index contributed by atoms with van der Waals surface area (Å²) in [6.45, 7) is 3.70. The minimum Gasteiger partial charge on any atom is -0.341 e. The quantitative estimate of drug-likeness (QED) is 0.846. The van der Waals surface area contributed by atoms with Gasteiger partial charge in [0.15, 0.2) is 5.78 Å². The normalized spacial score (nSPS) is 22.6. The number of benzene rings is 1. The van der Waals surface area contributed by atoms with Crippen LogP contribution in [0.4, 0.5) is 0 Å². The third kappa shape index (κ3) is 2.04. The standard InChI is InChI=1S/C14H18N2O2/c1-8(2)13(17)11-9-6-4-5-7-10(9)12(15-3)14(18)16-11/h4-8,11-12,15H,1-3H3,(H,16,18). The second-order valence-corrected chi connectivity index (χ2v) is 4.85. The summed E-state index contributed by atoms with van der Waals surface area (Å²) in [5, 5.41) is 5.78. The van der Waals surface area contributed by atoms with Gasteiger partial charge in [-0.3, -0.25) is 9.59 Å². The van der Waals surface area contributed by atoms with Gasteiger partial charge in [0.25, 0.3) is 0 Å². The highest BCUT2D eigenvalue weighted by atomic mass is 16.2. The molecular formula is C14H18N2O2. The molecule has 0 bridgehead atoms. The van der Waals surface area contributed by atoms with Gasteiger partial charge in [0.2, 0.25) is 5.91 Å². The van der Waals surface area contributed by atoms with Crippen molar-refractivity contribution in [2.75, 3.05) is 7.05 Å². The topological polar surface area (TPSA) is 58.2 Å². The average Bonchev–Trinajstić information content (AvgIpc) is 2.37. The Morgan fingerprint density at radius 1 is 1.28 bits per heavy atom. The van der Waals surface area contributed by atoms with E-state index in [2.05, 4.69) is 10.6 Å². The number of rotatable bonds is 3. The molecule has 0 fully saturated rings. The third-order valence-corrected chi connectivity index (χ3v) is 3.31. The zero-order valence-electron chi connectivity index (χ0n) is 10.9. The van der Waals surface area contributed by atoms with E-state index in [4.69, 9.17) is 0 Å². The van der Waals surface area contributed by atoms with Gasteiger partial charge in [0, 0.05) is 5.92 Å². The Hall–Kier alpha value is -1.68. The molecule has 2 N–H and O–H groups in total. The Morgan fingerprint density at radius 2 is 1.89 bits per heavy atom. The summed E-state index contributed by atoms with van der Waals surface area (Å²) in [4.78, 5) is 24.2. The molecule has 0 aromatic heterocycles. The van der Waals surface area contributed by atoms with Gasteiger partial charge in [-0.05, 0) is 18.2 Å². The summed E-state index contributed by atoms with van der Waals surface area (Å²) in [6, 6.07) is 6.69. The summed E-state index contributed by atoms with van der Waals surface area (Å²) in [5.74, 6) is -0.199. The van der Waals surface area contributed by atoms with Crippen LogP contribution in [0.25, 0.3) is 0 Å². The van der Waals surface area contributed by atoms with E-state index in [0.29, 0.717) is 0 Å². The highest BCUT2D eigenvalue weighted by Gasteiger charge is 2.35. The van der Waals surface area contributed by atoms with Crippen molar-refractivity contribution in [2.45, 2.75) is 25.9 Å². The second kappa shape index (κ2) is 4.90. The van der Waals surface area contributed by atoms with Crippen LogP contribution in [0.5, 0.6) is 0 Å². The molecule has 4 nitrogen and oxygen atoms in total. The van der Waals surface area contributed by atoms with Crippen molar-refractivity contribution < 1.29 is 9.59 Å². The number of hydrogen-bond acceptors (Lipinski definition) is 3. The Bertz CT molecular complexity index is 482. The van der Waals surface area contributed by atoms with Gasteiger partial charge in [0.05, 0.1) is 0 Å². The van der Waals surface area contributed by atoms with Gasteiger partial charge in [-0.1, -0.05) is 38.1 Å². The molecule has 0 saturated heterocycles. The minimum absolute atomic E-state index is 0.0466. The number of fused-ring (bicyclic) bond motifs is 1. The van der Waals surface area contributed by atoms with E-state index >= 15 is 0 Å². The van der Waals surface area contributed by atoms with Crippen LogP contribution in [0, 0.1) is 5.92 Å². The van der Waals surface area contributed by atoms with Gasteiger partial charge in [-0.15, -0.1) is 0 Å². The lowest BCUT2D eigenvalue weighted by Gasteiger charge is -2.31. The number of Topliss-reactive ketones (excluding diaryl/α,β-unsaturated/α-hetero) is 1. The van der Waals surface area contributed by atoms with E-state index in [1.54, 1.807) is 7.05 Å². The molecule has 1 aromatic rings. The molecule has 1 amide bonds. The van der Waals surface area contributed by atoms with E-state index in [-0.39, 0.29) is 23.7 Å². The monoisotopic (exact) mass is 246 g/mol. The first kappa shape index (κ1) is 12.8. The number of carbonyl (C=O) groups excluding carboxylic acids is 2. The number of carbonyl (C=O) groups is 2. The van der Waals surface area contributed by atoms with Crippen LogP contribution < -0.4 is 10.6 Å². The molecule has 2 unspecified atom stereocenters. The Labute approximate surface area is 107 Å². The molecule has 0 aliphatic carbocycles. The zero-order chi connectivity index (χ0) is 13.3. The molecule has 2 rings (SSSR count). The van der Waals surface area contributed by atoms with Crippen molar-refractivity contribution in [3.8, 4) is 0 Å². The van der Waals surface area contributed by atoms with E-state index in [9.17, 15) is 9.59 Å². The lowest BCUT2D eigenvalue weighted by Crippen LogP contribution is -2.46. The van der Waals surface area contributed by atoms with Crippen molar-refractivity contribution in [1.82, 2.24) is 10.6 Å². The highest BCUT2D eigenvalue weighted by molar-refractivity contribution is 5.96. The summed E-state index contributed by atoms with van der Waals surface area (Å²) in [6.07, 6.45) is 0. The Balaban J connectivity index is 2.47. The number of amides is 1. The fraction of sp³-hybridized carbons (Fsp3) is 0.429. The molecule has 1 heterocycles. The van der Waals surface area contributed by atoms with Crippen LogP contribution in [0.2, 0.25) is 0 Å². The smallest absolute Gasteiger partial charge is 0.242 e. The molecule has 4 heteroatoms. The SMILES string of the molecule is CNC1C(=O)NC(C(=O)C(C)C)c2ccccc21. The predicted octanol–water partition coefficient (Wildman–Crippen LogP) is 1.34. The molecule has 0 spiro atoms. The average molecular weight is 246 g/mol. The van der Waals surface area contributed by atoms with Crippen LogP contribution in [0.3, 0.4) is 0 Å². The van der Waals surface area contributed by atoms with Gasteiger partial charge < -0.3 is 10.6 Å². The lowest BCUT2D eigenvalue weighted by atomic mass is 9.86. The minimum atomic E-state index is -0.515. The fourth-order valence-electron chi connectivity index (χ4n) is 2.33. The maximum Gasteiger partial charge on any atom is 0.242 e. The van der Waals surface area contributed by atoms with E-state index in [1.165, 1.54) is 0 Å². The summed E-state index contributed by atoms with van der Waals surface area (Å²) >= 11 is 0. The molecule has 0 saturated carbocycles. The highest BCUT2D eigenvalue weighted by Crippen LogP contribution is 2.30. The number of likely N-dealkylation sites (N-methyl/N-ethyl adjacent to an activating group) is 1. The largest absolute Gasteiger partial charge is 0.341 e. The van der Waals surface area contributed by atoms with Crippen molar-refractivity contribution in [3.05, 3.63) is 35.4 Å². The molecule has 1 aliphatic heterocycles. The van der Waals surface area contributed by atoms with Gasteiger partial charge >= 0.3 is 0 Å². The van der Waals surface area contributed by atoms with Crippen LogP contribution in [0.15, 0.2) is 24.3 Å². The van der Waals surface area contributed by atoms with Gasteiger partial charge in [0.1, 0.15) is 12.1 Å². The van der Waals surface area contributed by atoms with Crippen LogP contribution in [0.1, 0.15) is 37.1 Å². The molecule has 18 heavy (non-hydrogen) atoms. The first-order chi connectivity index (χ1) is 8.56.